The van der Waals surface area contributed by atoms with Crippen molar-refractivity contribution in [1.82, 2.24) is 10.6 Å². The molecule has 3 nitrogen and oxygen atoms in total. The van der Waals surface area contributed by atoms with Gasteiger partial charge in [0.25, 0.3) is 0 Å². The van der Waals surface area contributed by atoms with E-state index in [4.69, 9.17) is 0 Å². The average Bonchev–Trinajstić information content (AvgIpc) is 2.41. The van der Waals surface area contributed by atoms with Crippen LogP contribution in [0, 0.1) is 5.92 Å². The van der Waals surface area contributed by atoms with Crippen LogP contribution in [0.5, 0.6) is 0 Å². The number of carbonyl (C=O) groups excluding carboxylic acids is 1. The Balaban J connectivity index is 1.95. The van der Waals surface area contributed by atoms with Gasteiger partial charge in [-0.05, 0) is 31.4 Å². The highest BCUT2D eigenvalue weighted by Gasteiger charge is 2.24. The van der Waals surface area contributed by atoms with Crippen molar-refractivity contribution in [3.05, 3.63) is 35.9 Å². The van der Waals surface area contributed by atoms with Gasteiger partial charge in [0.15, 0.2) is 0 Å². The molecule has 1 aliphatic heterocycles. The van der Waals surface area contributed by atoms with Gasteiger partial charge in [-0.15, -0.1) is 0 Å². The van der Waals surface area contributed by atoms with Crippen molar-refractivity contribution in [2.75, 3.05) is 13.1 Å². The van der Waals surface area contributed by atoms with Crippen molar-refractivity contribution in [2.24, 2.45) is 5.92 Å². The van der Waals surface area contributed by atoms with Crippen molar-refractivity contribution < 1.29 is 4.79 Å². The minimum Gasteiger partial charge on any atom is -0.351 e. The lowest BCUT2D eigenvalue weighted by Gasteiger charge is -2.31. The Hall–Kier alpha value is -1.35. The number of hydrogen-bond acceptors (Lipinski definition) is 2. The molecule has 1 saturated heterocycles. The number of rotatable bonds is 3. The molecule has 2 N–H and O–H groups in total. The zero-order chi connectivity index (χ0) is 13.0. The Bertz CT molecular complexity index is 391. The van der Waals surface area contributed by atoms with Crippen LogP contribution in [0.15, 0.2) is 30.3 Å². The molecule has 2 rings (SSSR count). The number of hydrogen-bond donors (Lipinski definition) is 2. The summed E-state index contributed by atoms with van der Waals surface area (Å²) < 4.78 is 0. The van der Waals surface area contributed by atoms with E-state index in [1.54, 1.807) is 0 Å². The van der Waals surface area contributed by atoms with E-state index in [1.165, 1.54) is 0 Å². The first-order valence-corrected chi connectivity index (χ1v) is 6.74. The summed E-state index contributed by atoms with van der Waals surface area (Å²) in [6.45, 7) is 6.11. The lowest BCUT2D eigenvalue weighted by atomic mass is 9.93. The van der Waals surface area contributed by atoms with Crippen LogP contribution < -0.4 is 10.6 Å². The molecule has 1 aromatic rings. The minimum atomic E-state index is -0.0830. The largest absolute Gasteiger partial charge is 0.351 e. The van der Waals surface area contributed by atoms with Gasteiger partial charge in [-0.2, -0.15) is 0 Å². The summed E-state index contributed by atoms with van der Waals surface area (Å²) in [6.07, 6.45) is 1.13. The van der Waals surface area contributed by atoms with Crippen LogP contribution in [0.2, 0.25) is 0 Å². The summed E-state index contributed by atoms with van der Waals surface area (Å²) in [5.41, 5.74) is 1.08. The number of benzene rings is 1. The summed E-state index contributed by atoms with van der Waals surface area (Å²) in [5.74, 6) is 0.597. The molecule has 0 aliphatic carbocycles. The quantitative estimate of drug-likeness (QED) is 0.855. The van der Waals surface area contributed by atoms with Crippen molar-refractivity contribution in [2.45, 2.75) is 32.2 Å². The highest BCUT2D eigenvalue weighted by Crippen LogP contribution is 2.17. The predicted molar refractivity (Wildman–Crippen MR) is 73.4 cm³/mol. The predicted octanol–water partition coefficient (Wildman–Crippen LogP) is 1.90. The molecule has 1 aromatic carbocycles. The molecule has 1 amide bonds. The van der Waals surface area contributed by atoms with Crippen molar-refractivity contribution in [3.63, 3.8) is 0 Å². The van der Waals surface area contributed by atoms with Gasteiger partial charge in [-0.3, -0.25) is 4.79 Å². The molecule has 18 heavy (non-hydrogen) atoms. The first kappa shape index (κ1) is 13.1. The van der Waals surface area contributed by atoms with Crippen LogP contribution in [0.3, 0.4) is 0 Å². The maximum absolute atomic E-state index is 12.2. The first-order chi connectivity index (χ1) is 8.68. The lowest BCUT2D eigenvalue weighted by Crippen LogP contribution is -2.51. The molecule has 0 spiro atoms. The number of amides is 1. The molecule has 1 aliphatic rings. The van der Waals surface area contributed by atoms with Gasteiger partial charge in [0.05, 0.1) is 5.92 Å². The fraction of sp³-hybridized carbons (Fsp3) is 0.533. The second kappa shape index (κ2) is 6.01. The summed E-state index contributed by atoms with van der Waals surface area (Å²) in [4.78, 5) is 12.2. The SMILES string of the molecule is CC(C(=O)NC1CNCCC1C)c1ccccc1. The Morgan fingerprint density at radius 2 is 2.11 bits per heavy atom. The van der Waals surface area contributed by atoms with E-state index in [0.29, 0.717) is 5.92 Å². The molecule has 0 radical (unpaired) electrons. The lowest BCUT2D eigenvalue weighted by molar-refractivity contribution is -0.123. The molecule has 0 aromatic heterocycles. The molecule has 0 bridgehead atoms. The van der Waals surface area contributed by atoms with Gasteiger partial charge in [0.2, 0.25) is 5.91 Å². The minimum absolute atomic E-state index is 0.0830. The van der Waals surface area contributed by atoms with E-state index in [0.717, 1.165) is 25.1 Å². The second-order valence-corrected chi connectivity index (χ2v) is 5.22. The van der Waals surface area contributed by atoms with Crippen LogP contribution >= 0.6 is 0 Å². The highest BCUT2D eigenvalue weighted by molar-refractivity contribution is 5.83. The summed E-state index contributed by atoms with van der Waals surface area (Å²) in [6, 6.07) is 10.2. The Kier molecular flexibility index (Phi) is 4.37. The van der Waals surface area contributed by atoms with E-state index >= 15 is 0 Å². The van der Waals surface area contributed by atoms with Gasteiger partial charge in [-0.25, -0.2) is 0 Å². The molecule has 3 heteroatoms. The van der Waals surface area contributed by atoms with E-state index in [1.807, 2.05) is 37.3 Å². The maximum atomic E-state index is 12.2. The van der Waals surface area contributed by atoms with Crippen LogP contribution in [0.4, 0.5) is 0 Å². The van der Waals surface area contributed by atoms with E-state index in [2.05, 4.69) is 17.6 Å². The van der Waals surface area contributed by atoms with Crippen molar-refractivity contribution in [1.29, 1.82) is 0 Å². The Morgan fingerprint density at radius 3 is 2.78 bits per heavy atom. The molecule has 1 heterocycles. The average molecular weight is 246 g/mol. The standard InChI is InChI=1S/C15H22N2O/c1-11-8-9-16-10-14(11)17-15(18)12(2)13-6-4-3-5-7-13/h3-7,11-12,14,16H,8-10H2,1-2H3,(H,17,18). The third-order valence-electron chi connectivity index (χ3n) is 3.85. The van der Waals surface area contributed by atoms with E-state index in [9.17, 15) is 4.79 Å². The van der Waals surface area contributed by atoms with Gasteiger partial charge in [0.1, 0.15) is 0 Å². The second-order valence-electron chi connectivity index (χ2n) is 5.22. The molecule has 3 atom stereocenters. The van der Waals surface area contributed by atoms with Crippen LogP contribution in [-0.2, 0) is 4.79 Å². The topological polar surface area (TPSA) is 41.1 Å². The number of nitrogens with one attached hydrogen (secondary N) is 2. The van der Waals surface area contributed by atoms with Crippen LogP contribution in [0.1, 0.15) is 31.7 Å². The third kappa shape index (κ3) is 3.10. The third-order valence-corrected chi connectivity index (χ3v) is 3.85. The van der Waals surface area contributed by atoms with E-state index in [-0.39, 0.29) is 17.9 Å². The van der Waals surface area contributed by atoms with Gasteiger partial charge >= 0.3 is 0 Å². The van der Waals surface area contributed by atoms with E-state index < -0.39 is 0 Å². The number of piperidine rings is 1. The Morgan fingerprint density at radius 1 is 1.39 bits per heavy atom. The highest BCUT2D eigenvalue weighted by atomic mass is 16.1. The molecule has 1 fully saturated rings. The zero-order valence-electron chi connectivity index (χ0n) is 11.1. The molecule has 98 valence electrons. The maximum Gasteiger partial charge on any atom is 0.227 e. The monoisotopic (exact) mass is 246 g/mol. The van der Waals surface area contributed by atoms with Crippen molar-refractivity contribution in [3.8, 4) is 0 Å². The summed E-state index contributed by atoms with van der Waals surface area (Å²) in [7, 11) is 0. The van der Waals surface area contributed by atoms with Crippen LogP contribution in [0.25, 0.3) is 0 Å². The molecular formula is C15H22N2O. The van der Waals surface area contributed by atoms with Gasteiger partial charge in [0, 0.05) is 12.6 Å². The normalized spacial score (nSPS) is 25.4. The smallest absolute Gasteiger partial charge is 0.227 e. The zero-order valence-corrected chi connectivity index (χ0v) is 11.1. The Labute approximate surface area is 109 Å². The fourth-order valence-corrected chi connectivity index (χ4v) is 2.38. The van der Waals surface area contributed by atoms with Crippen molar-refractivity contribution >= 4 is 5.91 Å². The molecule has 3 unspecified atom stereocenters. The van der Waals surface area contributed by atoms with Gasteiger partial charge < -0.3 is 10.6 Å². The van der Waals surface area contributed by atoms with Crippen LogP contribution in [-0.4, -0.2) is 25.0 Å². The number of carbonyl (C=O) groups is 1. The summed E-state index contributed by atoms with van der Waals surface area (Å²) in [5, 5.41) is 6.50. The molecule has 0 saturated carbocycles. The molecular weight excluding hydrogens is 224 g/mol. The summed E-state index contributed by atoms with van der Waals surface area (Å²) >= 11 is 0. The van der Waals surface area contributed by atoms with Gasteiger partial charge in [-0.1, -0.05) is 37.3 Å². The first-order valence-electron chi connectivity index (χ1n) is 6.74. The fourth-order valence-electron chi connectivity index (χ4n) is 2.38.